The van der Waals surface area contributed by atoms with Crippen molar-refractivity contribution in [2.24, 2.45) is 0 Å². The van der Waals surface area contributed by atoms with E-state index in [1.54, 1.807) is 12.1 Å². The van der Waals surface area contributed by atoms with Gasteiger partial charge in [0, 0.05) is 16.7 Å². The molecule has 0 fully saturated rings. The molecule has 0 heterocycles. The Morgan fingerprint density at radius 3 is 2.54 bits per heavy atom. The third kappa shape index (κ3) is 4.79. The number of ether oxygens (including phenoxy) is 1. The highest BCUT2D eigenvalue weighted by molar-refractivity contribution is 9.10. The first-order valence-electron chi connectivity index (χ1n) is 7.50. The molecule has 0 radical (unpaired) electrons. The van der Waals surface area contributed by atoms with E-state index in [9.17, 15) is 9.18 Å². The summed E-state index contributed by atoms with van der Waals surface area (Å²) in [6.45, 7) is 2.27. The molecular formula is C18H20BrFN2O2. The molecule has 0 aromatic heterocycles. The second-order valence-corrected chi connectivity index (χ2v) is 6.47. The van der Waals surface area contributed by atoms with E-state index in [4.69, 9.17) is 4.74 Å². The van der Waals surface area contributed by atoms with Crippen molar-refractivity contribution in [1.29, 1.82) is 0 Å². The van der Waals surface area contributed by atoms with Crippen molar-refractivity contribution in [3.8, 4) is 5.75 Å². The molecule has 2 aromatic rings. The number of methoxy groups -OCH3 is 1. The molecule has 4 nitrogen and oxygen atoms in total. The summed E-state index contributed by atoms with van der Waals surface area (Å²) < 4.78 is 19.6. The van der Waals surface area contributed by atoms with E-state index in [0.717, 1.165) is 15.7 Å². The summed E-state index contributed by atoms with van der Waals surface area (Å²) in [5, 5.41) is 2.87. The lowest BCUT2D eigenvalue weighted by molar-refractivity contribution is -0.120. The molecule has 0 bridgehead atoms. The minimum Gasteiger partial charge on any atom is -0.494 e. The van der Waals surface area contributed by atoms with Gasteiger partial charge in [0.05, 0.1) is 13.2 Å². The van der Waals surface area contributed by atoms with Crippen LogP contribution in [0.25, 0.3) is 0 Å². The molecule has 0 aliphatic rings. The van der Waals surface area contributed by atoms with Gasteiger partial charge in [0.2, 0.25) is 5.91 Å². The number of nitrogens with one attached hydrogen (secondary N) is 1. The Morgan fingerprint density at radius 1 is 1.29 bits per heavy atom. The average molecular weight is 395 g/mol. The number of nitrogens with zero attached hydrogens (tertiary/aromatic N) is 1. The van der Waals surface area contributed by atoms with Crippen LogP contribution in [0, 0.1) is 5.82 Å². The SMILES string of the molecule is COc1ccc(CN(C)C(C)C(=O)Nc2ccc(Br)cc2)cc1F. The van der Waals surface area contributed by atoms with Crippen LogP contribution in [0.1, 0.15) is 12.5 Å². The smallest absolute Gasteiger partial charge is 0.241 e. The van der Waals surface area contributed by atoms with Crippen LogP contribution in [-0.2, 0) is 11.3 Å². The normalized spacial score (nSPS) is 12.1. The summed E-state index contributed by atoms with van der Waals surface area (Å²) in [5.74, 6) is -0.313. The molecule has 6 heteroatoms. The molecule has 1 amide bonds. The molecule has 0 spiro atoms. The highest BCUT2D eigenvalue weighted by Gasteiger charge is 2.18. The van der Waals surface area contributed by atoms with Crippen LogP contribution >= 0.6 is 15.9 Å². The average Bonchev–Trinajstić information content (AvgIpc) is 2.56. The minimum atomic E-state index is -0.407. The molecule has 24 heavy (non-hydrogen) atoms. The maximum absolute atomic E-state index is 13.8. The molecule has 0 saturated carbocycles. The van der Waals surface area contributed by atoms with E-state index < -0.39 is 5.82 Å². The highest BCUT2D eigenvalue weighted by atomic mass is 79.9. The largest absolute Gasteiger partial charge is 0.494 e. The Hall–Kier alpha value is -1.92. The predicted octanol–water partition coefficient (Wildman–Crippen LogP) is 4.06. The summed E-state index contributed by atoms with van der Waals surface area (Å²) in [4.78, 5) is 14.2. The lowest BCUT2D eigenvalue weighted by atomic mass is 10.1. The Balaban J connectivity index is 1.97. The molecule has 128 valence electrons. The summed E-state index contributed by atoms with van der Waals surface area (Å²) in [6.07, 6.45) is 0. The van der Waals surface area contributed by atoms with E-state index in [1.165, 1.54) is 13.2 Å². The van der Waals surface area contributed by atoms with Crippen LogP contribution in [0.15, 0.2) is 46.9 Å². The van der Waals surface area contributed by atoms with Crippen LogP contribution in [0.2, 0.25) is 0 Å². The summed E-state index contributed by atoms with van der Waals surface area (Å²) in [6, 6.07) is 11.8. The van der Waals surface area contributed by atoms with Crippen LogP contribution < -0.4 is 10.1 Å². The van der Waals surface area contributed by atoms with E-state index in [-0.39, 0.29) is 17.7 Å². The van der Waals surface area contributed by atoms with Crippen molar-refractivity contribution in [3.63, 3.8) is 0 Å². The van der Waals surface area contributed by atoms with Gasteiger partial charge in [0.15, 0.2) is 11.6 Å². The van der Waals surface area contributed by atoms with E-state index in [0.29, 0.717) is 6.54 Å². The van der Waals surface area contributed by atoms with E-state index in [2.05, 4.69) is 21.2 Å². The second kappa shape index (κ2) is 8.26. The molecule has 2 aromatic carbocycles. The monoisotopic (exact) mass is 394 g/mol. The standard InChI is InChI=1S/C18H20BrFN2O2/c1-12(18(23)21-15-7-5-14(19)6-8-15)22(2)11-13-4-9-17(24-3)16(20)10-13/h4-10,12H,11H2,1-3H3,(H,21,23). The van der Waals surface area contributed by atoms with Crippen molar-refractivity contribution < 1.29 is 13.9 Å². The first kappa shape index (κ1) is 18.4. The summed E-state index contributed by atoms with van der Waals surface area (Å²) >= 11 is 3.36. The fourth-order valence-corrected chi connectivity index (χ4v) is 2.48. The quantitative estimate of drug-likeness (QED) is 0.802. The zero-order valence-corrected chi connectivity index (χ0v) is 15.4. The van der Waals surface area contributed by atoms with Crippen LogP contribution in [0.4, 0.5) is 10.1 Å². The zero-order chi connectivity index (χ0) is 17.7. The topological polar surface area (TPSA) is 41.6 Å². The lowest BCUT2D eigenvalue weighted by Gasteiger charge is -2.24. The Labute approximate surface area is 149 Å². The third-order valence-corrected chi connectivity index (χ3v) is 4.33. The van der Waals surface area contributed by atoms with Crippen LogP contribution in [0.3, 0.4) is 0 Å². The molecule has 1 N–H and O–H groups in total. The van der Waals surface area contributed by atoms with Gasteiger partial charge in [-0.25, -0.2) is 4.39 Å². The molecule has 0 saturated heterocycles. The number of anilines is 1. The number of carbonyl (C=O) groups excluding carboxylic acids is 1. The zero-order valence-electron chi connectivity index (χ0n) is 13.8. The second-order valence-electron chi connectivity index (χ2n) is 5.56. The Kier molecular flexibility index (Phi) is 6.34. The number of carbonyl (C=O) groups is 1. The number of likely N-dealkylation sites (N-methyl/N-ethyl adjacent to an activating group) is 1. The summed E-state index contributed by atoms with van der Waals surface area (Å²) in [5.41, 5.74) is 1.51. The van der Waals surface area contributed by atoms with E-state index >= 15 is 0 Å². The van der Waals surface area contributed by atoms with Crippen molar-refractivity contribution in [1.82, 2.24) is 4.90 Å². The van der Waals surface area contributed by atoms with Gasteiger partial charge in [0.25, 0.3) is 0 Å². The van der Waals surface area contributed by atoms with Crippen molar-refractivity contribution in [2.45, 2.75) is 19.5 Å². The molecule has 1 atom stereocenters. The van der Waals surface area contributed by atoms with Gasteiger partial charge in [-0.3, -0.25) is 9.69 Å². The van der Waals surface area contributed by atoms with Gasteiger partial charge in [0.1, 0.15) is 0 Å². The van der Waals surface area contributed by atoms with E-state index in [1.807, 2.05) is 43.1 Å². The number of benzene rings is 2. The highest BCUT2D eigenvalue weighted by Crippen LogP contribution is 2.19. The van der Waals surface area contributed by atoms with Gasteiger partial charge in [-0.2, -0.15) is 0 Å². The minimum absolute atomic E-state index is 0.117. The number of hydrogen-bond donors (Lipinski definition) is 1. The van der Waals surface area contributed by atoms with Gasteiger partial charge < -0.3 is 10.1 Å². The first-order valence-corrected chi connectivity index (χ1v) is 8.29. The van der Waals surface area contributed by atoms with Gasteiger partial charge in [-0.1, -0.05) is 22.0 Å². The fraction of sp³-hybridized carbons (Fsp3) is 0.278. The maximum Gasteiger partial charge on any atom is 0.241 e. The van der Waals surface area contributed by atoms with Crippen LogP contribution in [0.5, 0.6) is 5.75 Å². The number of rotatable bonds is 6. The van der Waals surface area contributed by atoms with Gasteiger partial charge in [-0.15, -0.1) is 0 Å². The molecule has 2 rings (SSSR count). The maximum atomic E-state index is 13.8. The lowest BCUT2D eigenvalue weighted by Crippen LogP contribution is -2.39. The first-order chi connectivity index (χ1) is 11.4. The van der Waals surface area contributed by atoms with Gasteiger partial charge in [-0.05, 0) is 55.9 Å². The molecule has 0 aliphatic carbocycles. The fourth-order valence-electron chi connectivity index (χ4n) is 2.21. The summed E-state index contributed by atoms with van der Waals surface area (Å²) in [7, 11) is 3.26. The van der Waals surface area contributed by atoms with Crippen LogP contribution in [-0.4, -0.2) is 31.0 Å². The van der Waals surface area contributed by atoms with Crippen molar-refractivity contribution >= 4 is 27.5 Å². The van der Waals surface area contributed by atoms with Crippen molar-refractivity contribution in [3.05, 3.63) is 58.3 Å². The van der Waals surface area contributed by atoms with Crippen molar-refractivity contribution in [2.75, 3.05) is 19.5 Å². The number of hydrogen-bond acceptors (Lipinski definition) is 3. The number of halogens is 2. The predicted molar refractivity (Wildman–Crippen MR) is 96.7 cm³/mol. The Bertz CT molecular complexity index is 707. The molecule has 1 unspecified atom stereocenters. The molecular weight excluding hydrogens is 375 g/mol. The Morgan fingerprint density at radius 2 is 1.96 bits per heavy atom. The molecule has 0 aliphatic heterocycles. The third-order valence-electron chi connectivity index (χ3n) is 3.80. The van der Waals surface area contributed by atoms with Gasteiger partial charge >= 0.3 is 0 Å². The number of amides is 1.